The van der Waals surface area contributed by atoms with Crippen molar-refractivity contribution in [3.63, 3.8) is 0 Å². The zero-order valence-corrected chi connectivity index (χ0v) is 9.21. The van der Waals surface area contributed by atoms with E-state index in [1.54, 1.807) is 0 Å². The molecule has 0 aromatic carbocycles. The average molecular weight is 293 g/mol. The molecule has 1 aromatic heterocycles. The number of aliphatic carboxylic acids is 1. The Morgan fingerprint density at radius 1 is 1.69 bits per heavy atom. The van der Waals surface area contributed by atoms with Crippen LogP contribution in [-0.4, -0.2) is 22.6 Å². The van der Waals surface area contributed by atoms with Crippen LogP contribution in [-0.2, 0) is 4.79 Å². The third-order valence-electron chi connectivity index (χ3n) is 1.50. The number of nitrogens with zero attached hydrogens (tertiary/aromatic N) is 2. The molecule has 16 heavy (non-hydrogen) atoms. The average Bonchev–Trinajstić information content (AvgIpc) is 2.18. The summed E-state index contributed by atoms with van der Waals surface area (Å²) in [6.45, 7) is -0.761. The Kier molecular flexibility index (Phi) is 3.61. The normalized spacial score (nSPS) is 9.81. The molecule has 1 aromatic rings. The lowest BCUT2D eigenvalue weighted by atomic mass is 10.4. The summed E-state index contributed by atoms with van der Waals surface area (Å²) in [7, 11) is 0. The molecule has 0 aliphatic carbocycles. The molecule has 0 amide bonds. The first-order chi connectivity index (χ1) is 7.41. The van der Waals surface area contributed by atoms with Crippen LogP contribution in [0.4, 0.5) is 5.69 Å². The van der Waals surface area contributed by atoms with Gasteiger partial charge in [0.25, 0.3) is 10.4 Å². The Bertz CT molecular complexity index is 449. The fourth-order valence-electron chi connectivity index (χ4n) is 0.875. The van der Waals surface area contributed by atoms with Crippen LogP contribution in [0, 0.1) is 15.3 Å². The molecule has 9 heteroatoms. The minimum absolute atomic E-state index is 0.0677. The second-order valence-corrected chi connectivity index (χ2v) is 3.42. The quantitative estimate of drug-likeness (QED) is 0.283. The zero-order chi connectivity index (χ0) is 12.3. The van der Waals surface area contributed by atoms with E-state index in [1.807, 2.05) is 0 Å². The van der Waals surface area contributed by atoms with Crippen molar-refractivity contribution in [2.45, 2.75) is 0 Å². The van der Waals surface area contributed by atoms with Crippen LogP contribution in [0.5, 0.6) is 5.75 Å². The Balaban J connectivity index is 3.09. The first-order valence-electron chi connectivity index (χ1n) is 3.83. The highest BCUT2D eigenvalue weighted by atomic mass is 79.9. The van der Waals surface area contributed by atoms with E-state index >= 15 is 0 Å². The van der Waals surface area contributed by atoms with E-state index < -0.39 is 28.9 Å². The Hall–Kier alpha value is -1.90. The lowest BCUT2D eigenvalue weighted by Crippen LogP contribution is -2.28. The maximum atomic E-state index is 11.1. The van der Waals surface area contributed by atoms with Gasteiger partial charge in [-0.25, -0.2) is 4.79 Å². The molecule has 1 N–H and O–H groups in total. The molecule has 0 unspecified atom stereocenters. The van der Waals surface area contributed by atoms with Crippen LogP contribution in [0.15, 0.2) is 16.9 Å². The predicted molar refractivity (Wildman–Crippen MR) is 52.9 cm³/mol. The number of nitro groups is 1. The number of carboxylic acids is 1. The van der Waals surface area contributed by atoms with Gasteiger partial charge in [-0.15, -0.1) is 0 Å². The van der Waals surface area contributed by atoms with Gasteiger partial charge in [-0.3, -0.25) is 10.1 Å². The van der Waals surface area contributed by atoms with Crippen molar-refractivity contribution in [2.24, 2.45) is 0 Å². The predicted octanol–water partition coefficient (Wildman–Crippen LogP) is 0.454. The summed E-state index contributed by atoms with van der Waals surface area (Å²) in [4.78, 5) is 20.0. The SMILES string of the molecule is O=C(O)COc1c[n+]([O-])c(Br)cc1[N+](=O)[O-]. The number of pyridine rings is 1. The zero-order valence-electron chi connectivity index (χ0n) is 7.62. The first kappa shape index (κ1) is 12.2. The molecule has 0 radical (unpaired) electrons. The van der Waals surface area contributed by atoms with Crippen LogP contribution >= 0.6 is 15.9 Å². The van der Waals surface area contributed by atoms with Crippen LogP contribution in [0.1, 0.15) is 0 Å². The van der Waals surface area contributed by atoms with Crippen LogP contribution in [0.25, 0.3) is 0 Å². The van der Waals surface area contributed by atoms with Gasteiger partial charge < -0.3 is 15.1 Å². The molecule has 1 rings (SSSR count). The largest absolute Gasteiger partial charge is 0.618 e. The van der Waals surface area contributed by atoms with E-state index in [1.165, 1.54) is 0 Å². The molecule has 0 aliphatic heterocycles. The van der Waals surface area contributed by atoms with Crippen molar-refractivity contribution in [3.8, 4) is 5.75 Å². The highest BCUT2D eigenvalue weighted by Gasteiger charge is 2.22. The summed E-state index contributed by atoms with van der Waals surface area (Å²) in [5.41, 5.74) is -0.486. The van der Waals surface area contributed by atoms with Gasteiger partial charge in [0.2, 0.25) is 6.20 Å². The van der Waals surface area contributed by atoms with Crippen molar-refractivity contribution in [3.05, 3.63) is 32.2 Å². The number of halogens is 1. The number of hydrogen-bond acceptors (Lipinski definition) is 5. The van der Waals surface area contributed by atoms with Crippen molar-refractivity contribution in [1.82, 2.24) is 0 Å². The molecule has 86 valence electrons. The molecule has 8 nitrogen and oxygen atoms in total. The van der Waals surface area contributed by atoms with Gasteiger partial charge in [0.1, 0.15) is 6.07 Å². The second kappa shape index (κ2) is 4.75. The maximum absolute atomic E-state index is 11.1. The van der Waals surface area contributed by atoms with Gasteiger partial charge in [-0.1, -0.05) is 0 Å². The molecule has 1 heterocycles. The Morgan fingerprint density at radius 2 is 2.31 bits per heavy atom. The number of hydrogen-bond donors (Lipinski definition) is 1. The lowest BCUT2D eigenvalue weighted by Gasteiger charge is -2.04. The third kappa shape index (κ3) is 2.79. The van der Waals surface area contributed by atoms with Gasteiger partial charge >= 0.3 is 11.7 Å². The van der Waals surface area contributed by atoms with Crippen LogP contribution < -0.4 is 9.47 Å². The number of aromatic nitrogens is 1. The molecule has 0 bridgehead atoms. The summed E-state index contributed by atoms with van der Waals surface area (Å²) < 4.78 is 4.83. The lowest BCUT2D eigenvalue weighted by molar-refractivity contribution is -0.618. The maximum Gasteiger partial charge on any atom is 0.341 e. The van der Waals surface area contributed by atoms with E-state index in [4.69, 9.17) is 5.11 Å². The topological polar surface area (TPSA) is 117 Å². The summed E-state index contributed by atoms with van der Waals surface area (Å²) in [6, 6.07) is 0.935. The molecule has 0 saturated carbocycles. The third-order valence-corrected chi connectivity index (χ3v) is 2.08. The van der Waals surface area contributed by atoms with Crippen LogP contribution in [0.3, 0.4) is 0 Å². The van der Waals surface area contributed by atoms with Gasteiger partial charge in [-0.05, 0) is 0 Å². The van der Waals surface area contributed by atoms with Crippen molar-refractivity contribution >= 4 is 27.6 Å². The van der Waals surface area contributed by atoms with E-state index in [-0.39, 0.29) is 9.33 Å². The number of rotatable bonds is 4. The minimum Gasteiger partial charge on any atom is -0.618 e. The smallest absolute Gasteiger partial charge is 0.341 e. The monoisotopic (exact) mass is 292 g/mol. The molecule has 0 spiro atoms. The number of ether oxygens (including phenoxy) is 1. The van der Waals surface area contributed by atoms with E-state index in [0.717, 1.165) is 12.3 Å². The Morgan fingerprint density at radius 3 is 2.81 bits per heavy atom. The van der Waals surface area contributed by atoms with E-state index in [2.05, 4.69) is 20.7 Å². The molecular weight excluding hydrogens is 288 g/mol. The van der Waals surface area contributed by atoms with Gasteiger partial charge in [-0.2, -0.15) is 4.73 Å². The summed E-state index contributed by atoms with van der Waals surface area (Å²) in [6.07, 6.45) is 0.783. The van der Waals surface area contributed by atoms with Crippen LogP contribution in [0.2, 0.25) is 0 Å². The second-order valence-electron chi connectivity index (χ2n) is 2.61. The summed E-state index contributed by atoms with van der Waals surface area (Å²) in [5, 5.41) is 30.0. The fraction of sp³-hybridized carbons (Fsp3) is 0.143. The number of carboxylic acid groups (broad SMARTS) is 1. The van der Waals surface area contributed by atoms with E-state index in [9.17, 15) is 20.1 Å². The molecular formula is C7H5BrN2O6. The van der Waals surface area contributed by atoms with E-state index in [0.29, 0.717) is 0 Å². The highest BCUT2D eigenvalue weighted by molar-refractivity contribution is 9.10. The Labute approximate surface area is 96.9 Å². The van der Waals surface area contributed by atoms with Gasteiger partial charge in [0, 0.05) is 15.9 Å². The minimum atomic E-state index is -1.30. The molecule has 0 fully saturated rings. The standard InChI is InChI=1S/C7H5BrN2O6/c8-6-1-4(10(14)15)5(2-9(6)13)16-3-7(11)12/h1-2H,3H2,(H,11,12). The molecule has 0 saturated heterocycles. The van der Waals surface area contributed by atoms with Crippen molar-refractivity contribution in [1.29, 1.82) is 0 Å². The molecule has 0 aliphatic rings. The summed E-state index contributed by atoms with van der Waals surface area (Å²) in [5.74, 6) is -1.69. The van der Waals surface area contributed by atoms with Gasteiger partial charge in [0.15, 0.2) is 6.61 Å². The van der Waals surface area contributed by atoms with Crippen molar-refractivity contribution in [2.75, 3.05) is 6.61 Å². The fourth-order valence-corrected chi connectivity index (χ4v) is 1.19. The molecule has 0 atom stereocenters. The van der Waals surface area contributed by atoms with Gasteiger partial charge in [0.05, 0.1) is 4.92 Å². The highest BCUT2D eigenvalue weighted by Crippen LogP contribution is 2.27. The first-order valence-corrected chi connectivity index (χ1v) is 4.63. The summed E-state index contributed by atoms with van der Waals surface area (Å²) >= 11 is 2.80. The number of carbonyl (C=O) groups is 1. The van der Waals surface area contributed by atoms with Crippen molar-refractivity contribution < 1.29 is 24.3 Å².